The summed E-state index contributed by atoms with van der Waals surface area (Å²) in [6.07, 6.45) is 1.01. The molecule has 0 aliphatic heterocycles. The van der Waals surface area contributed by atoms with Crippen LogP contribution in [0.3, 0.4) is 0 Å². The summed E-state index contributed by atoms with van der Waals surface area (Å²) in [5.41, 5.74) is -0.0212. The zero-order valence-corrected chi connectivity index (χ0v) is 8.53. The summed E-state index contributed by atoms with van der Waals surface area (Å²) in [6, 6.07) is 0. The molecule has 0 unspecified atom stereocenters. The van der Waals surface area contributed by atoms with Gasteiger partial charge in [0, 0.05) is 7.11 Å². The molecule has 0 radical (unpaired) electrons. The fourth-order valence-electron chi connectivity index (χ4n) is 0.731. The summed E-state index contributed by atoms with van der Waals surface area (Å²) in [5.74, 6) is 5.79. The maximum atomic E-state index is 5.27. The van der Waals surface area contributed by atoms with E-state index in [0.717, 1.165) is 19.5 Å². The van der Waals surface area contributed by atoms with Gasteiger partial charge in [0.25, 0.3) is 0 Å². The number of ether oxygens (including phenoxy) is 1. The number of hydrogen-bond donors (Lipinski definition) is 1. The van der Waals surface area contributed by atoms with Crippen molar-refractivity contribution >= 4 is 0 Å². The molecule has 0 aliphatic rings. The fourth-order valence-corrected chi connectivity index (χ4v) is 0.731. The molecule has 0 amide bonds. The van der Waals surface area contributed by atoms with Crippen LogP contribution >= 0.6 is 0 Å². The molecule has 70 valence electrons. The summed E-state index contributed by atoms with van der Waals surface area (Å²) in [5, 5.41) is 3.22. The van der Waals surface area contributed by atoms with Gasteiger partial charge in [-0.1, -0.05) is 5.92 Å². The Morgan fingerprint density at radius 1 is 1.42 bits per heavy atom. The van der Waals surface area contributed by atoms with Crippen LogP contribution in [0.5, 0.6) is 0 Å². The van der Waals surface area contributed by atoms with Crippen LogP contribution < -0.4 is 5.32 Å². The average Bonchev–Trinajstić information content (AvgIpc) is 2.04. The van der Waals surface area contributed by atoms with Gasteiger partial charge in [-0.25, -0.2) is 0 Å². The van der Waals surface area contributed by atoms with Crippen molar-refractivity contribution in [2.45, 2.75) is 32.8 Å². The minimum atomic E-state index is -0.0212. The minimum absolute atomic E-state index is 0.0212. The second-order valence-corrected chi connectivity index (χ2v) is 3.32. The van der Waals surface area contributed by atoms with Crippen molar-refractivity contribution in [3.8, 4) is 11.8 Å². The molecule has 12 heavy (non-hydrogen) atoms. The van der Waals surface area contributed by atoms with Gasteiger partial charge in [-0.3, -0.25) is 0 Å². The smallest absolute Gasteiger partial charge is 0.0634 e. The van der Waals surface area contributed by atoms with E-state index in [1.54, 1.807) is 7.11 Å². The van der Waals surface area contributed by atoms with Crippen LogP contribution in [0.15, 0.2) is 0 Å². The van der Waals surface area contributed by atoms with Gasteiger partial charge in [-0.2, -0.15) is 0 Å². The number of nitrogens with one attached hydrogen (secondary N) is 1. The molecule has 0 atom stereocenters. The third-order valence-corrected chi connectivity index (χ3v) is 1.85. The van der Waals surface area contributed by atoms with Gasteiger partial charge in [0.1, 0.15) is 0 Å². The van der Waals surface area contributed by atoms with Crippen LogP contribution in [0.2, 0.25) is 0 Å². The Morgan fingerprint density at radius 2 is 2.08 bits per heavy atom. The molecule has 0 rings (SSSR count). The Morgan fingerprint density at radius 3 is 2.58 bits per heavy atom. The summed E-state index contributed by atoms with van der Waals surface area (Å²) < 4.78 is 5.27. The van der Waals surface area contributed by atoms with Crippen molar-refractivity contribution in [3.05, 3.63) is 0 Å². The highest BCUT2D eigenvalue weighted by Gasteiger charge is 2.14. The molecule has 0 spiro atoms. The van der Waals surface area contributed by atoms with Crippen LogP contribution in [-0.2, 0) is 4.74 Å². The predicted molar refractivity (Wildman–Crippen MR) is 52.0 cm³/mol. The molecule has 0 heterocycles. The van der Waals surface area contributed by atoms with Crippen LogP contribution in [0.4, 0.5) is 0 Å². The Labute approximate surface area is 75.7 Å². The second kappa shape index (κ2) is 6.05. The van der Waals surface area contributed by atoms with Gasteiger partial charge in [0.15, 0.2) is 0 Å². The van der Waals surface area contributed by atoms with Crippen molar-refractivity contribution in [2.75, 3.05) is 20.2 Å². The van der Waals surface area contributed by atoms with E-state index in [-0.39, 0.29) is 5.60 Å². The van der Waals surface area contributed by atoms with E-state index in [2.05, 4.69) is 31.0 Å². The Kier molecular flexibility index (Phi) is 5.79. The number of hydrogen-bond acceptors (Lipinski definition) is 2. The number of methoxy groups -OCH3 is 1. The highest BCUT2D eigenvalue weighted by molar-refractivity contribution is 4.96. The molecule has 2 heteroatoms. The molecule has 0 fully saturated rings. The lowest BCUT2D eigenvalue weighted by molar-refractivity contribution is 0.0161. The highest BCUT2D eigenvalue weighted by Crippen LogP contribution is 2.10. The first kappa shape index (κ1) is 11.5. The number of rotatable bonds is 5. The average molecular weight is 169 g/mol. The van der Waals surface area contributed by atoms with E-state index in [0.29, 0.717) is 0 Å². The summed E-state index contributed by atoms with van der Waals surface area (Å²) in [7, 11) is 1.74. The van der Waals surface area contributed by atoms with Crippen LogP contribution in [0.1, 0.15) is 27.2 Å². The molecule has 0 aromatic carbocycles. The SMILES string of the molecule is CC#CCNCCC(C)(C)OC. The highest BCUT2D eigenvalue weighted by atomic mass is 16.5. The lowest BCUT2D eigenvalue weighted by Crippen LogP contribution is -2.29. The molecule has 0 aromatic heterocycles. The van der Waals surface area contributed by atoms with E-state index in [1.807, 2.05) is 6.92 Å². The fraction of sp³-hybridized carbons (Fsp3) is 0.800. The quantitative estimate of drug-likeness (QED) is 0.496. The molecule has 0 saturated carbocycles. The largest absolute Gasteiger partial charge is 0.379 e. The lowest BCUT2D eigenvalue weighted by Gasteiger charge is -2.22. The van der Waals surface area contributed by atoms with Gasteiger partial charge in [0.2, 0.25) is 0 Å². The van der Waals surface area contributed by atoms with Crippen LogP contribution in [-0.4, -0.2) is 25.8 Å². The molecular weight excluding hydrogens is 150 g/mol. The van der Waals surface area contributed by atoms with Crippen LogP contribution in [0.25, 0.3) is 0 Å². The zero-order chi connectivity index (χ0) is 9.45. The summed E-state index contributed by atoms with van der Waals surface area (Å²) in [4.78, 5) is 0. The van der Waals surface area contributed by atoms with E-state index in [4.69, 9.17) is 4.74 Å². The minimum Gasteiger partial charge on any atom is -0.379 e. The standard InChI is InChI=1S/C10H19NO/c1-5-6-8-11-9-7-10(2,3)12-4/h11H,7-9H2,1-4H3. The van der Waals surface area contributed by atoms with Gasteiger partial charge in [-0.15, -0.1) is 5.92 Å². The molecule has 0 saturated heterocycles. The molecule has 0 bridgehead atoms. The monoisotopic (exact) mass is 169 g/mol. The Balaban J connectivity index is 3.35. The first-order valence-electron chi connectivity index (χ1n) is 4.28. The van der Waals surface area contributed by atoms with Crippen molar-refractivity contribution in [1.82, 2.24) is 5.32 Å². The third-order valence-electron chi connectivity index (χ3n) is 1.85. The maximum absolute atomic E-state index is 5.27. The van der Waals surface area contributed by atoms with Crippen molar-refractivity contribution < 1.29 is 4.74 Å². The third kappa shape index (κ3) is 6.21. The first-order valence-corrected chi connectivity index (χ1v) is 4.28. The maximum Gasteiger partial charge on any atom is 0.0634 e. The Hall–Kier alpha value is -0.520. The summed E-state index contributed by atoms with van der Waals surface area (Å²) >= 11 is 0. The summed E-state index contributed by atoms with van der Waals surface area (Å²) in [6.45, 7) is 7.74. The molecule has 2 nitrogen and oxygen atoms in total. The van der Waals surface area contributed by atoms with Gasteiger partial charge in [0.05, 0.1) is 12.1 Å². The van der Waals surface area contributed by atoms with Crippen LogP contribution in [0, 0.1) is 11.8 Å². The molecular formula is C10H19NO. The zero-order valence-electron chi connectivity index (χ0n) is 8.53. The van der Waals surface area contributed by atoms with Crippen molar-refractivity contribution in [2.24, 2.45) is 0 Å². The lowest BCUT2D eigenvalue weighted by atomic mass is 10.1. The van der Waals surface area contributed by atoms with Gasteiger partial charge < -0.3 is 10.1 Å². The normalized spacial score (nSPS) is 10.7. The molecule has 1 N–H and O–H groups in total. The van der Waals surface area contributed by atoms with E-state index < -0.39 is 0 Å². The molecule has 0 aromatic rings. The van der Waals surface area contributed by atoms with E-state index in [9.17, 15) is 0 Å². The van der Waals surface area contributed by atoms with Gasteiger partial charge >= 0.3 is 0 Å². The first-order chi connectivity index (χ1) is 5.62. The second-order valence-electron chi connectivity index (χ2n) is 3.32. The Bertz CT molecular complexity index is 164. The topological polar surface area (TPSA) is 21.3 Å². The van der Waals surface area contributed by atoms with Crippen molar-refractivity contribution in [3.63, 3.8) is 0 Å². The van der Waals surface area contributed by atoms with E-state index >= 15 is 0 Å². The van der Waals surface area contributed by atoms with Crippen molar-refractivity contribution in [1.29, 1.82) is 0 Å². The van der Waals surface area contributed by atoms with Gasteiger partial charge in [-0.05, 0) is 33.7 Å². The van der Waals surface area contributed by atoms with E-state index in [1.165, 1.54) is 0 Å². The predicted octanol–water partition coefficient (Wildman–Crippen LogP) is 1.41. The molecule has 0 aliphatic carbocycles.